The third-order valence-electron chi connectivity index (χ3n) is 3.28. The molecular formula is C14H17ClN2O. The molecule has 2 rings (SSSR count). The maximum atomic E-state index is 11.9. The number of amides is 1. The van der Waals surface area contributed by atoms with Crippen LogP contribution in [0.4, 0.5) is 0 Å². The minimum atomic E-state index is -0.206. The first-order valence-corrected chi connectivity index (χ1v) is 6.67. The molecule has 18 heavy (non-hydrogen) atoms. The SMILES string of the molecule is CC1CCCC/C1=N\NC(=O)c1cccc(Cl)c1. The zero-order valence-corrected chi connectivity index (χ0v) is 11.2. The fourth-order valence-corrected chi connectivity index (χ4v) is 2.34. The van der Waals surface area contributed by atoms with Gasteiger partial charge >= 0.3 is 0 Å². The van der Waals surface area contributed by atoms with Crippen molar-refractivity contribution in [1.82, 2.24) is 5.43 Å². The fourth-order valence-electron chi connectivity index (χ4n) is 2.15. The van der Waals surface area contributed by atoms with Gasteiger partial charge < -0.3 is 0 Å². The molecule has 1 aliphatic rings. The van der Waals surface area contributed by atoms with Crippen LogP contribution in [0.2, 0.25) is 5.02 Å². The second-order valence-corrected chi connectivity index (χ2v) is 5.14. The van der Waals surface area contributed by atoms with E-state index in [-0.39, 0.29) is 5.91 Å². The molecule has 1 unspecified atom stereocenters. The monoisotopic (exact) mass is 264 g/mol. The standard InChI is InChI=1S/C14H17ClN2O/c1-10-5-2-3-8-13(10)16-17-14(18)11-6-4-7-12(15)9-11/h4,6-7,9-10H,2-3,5,8H2,1H3,(H,17,18)/b16-13+. The van der Waals surface area contributed by atoms with E-state index in [4.69, 9.17) is 11.6 Å². The van der Waals surface area contributed by atoms with Crippen LogP contribution < -0.4 is 5.43 Å². The van der Waals surface area contributed by atoms with E-state index < -0.39 is 0 Å². The molecule has 3 nitrogen and oxygen atoms in total. The zero-order chi connectivity index (χ0) is 13.0. The Labute approximate surface area is 112 Å². The number of halogens is 1. The third-order valence-corrected chi connectivity index (χ3v) is 3.51. The number of carbonyl (C=O) groups excluding carboxylic acids is 1. The van der Waals surface area contributed by atoms with E-state index in [9.17, 15) is 4.79 Å². The maximum Gasteiger partial charge on any atom is 0.271 e. The van der Waals surface area contributed by atoms with Gasteiger partial charge in [0.05, 0.1) is 0 Å². The largest absolute Gasteiger partial charge is 0.271 e. The first-order valence-electron chi connectivity index (χ1n) is 6.29. The molecule has 1 amide bonds. The number of hydrazone groups is 1. The van der Waals surface area contributed by atoms with Gasteiger partial charge in [-0.15, -0.1) is 0 Å². The average molecular weight is 265 g/mol. The Balaban J connectivity index is 2.01. The smallest absolute Gasteiger partial charge is 0.267 e. The minimum Gasteiger partial charge on any atom is -0.267 e. The topological polar surface area (TPSA) is 41.5 Å². The second-order valence-electron chi connectivity index (χ2n) is 4.70. The van der Waals surface area contributed by atoms with Crippen molar-refractivity contribution in [1.29, 1.82) is 0 Å². The van der Waals surface area contributed by atoms with Crippen LogP contribution in [0.15, 0.2) is 29.4 Å². The molecule has 1 fully saturated rings. The molecule has 0 aromatic heterocycles. The number of hydrogen-bond donors (Lipinski definition) is 1. The molecule has 1 aliphatic carbocycles. The van der Waals surface area contributed by atoms with Gasteiger partial charge in [-0.1, -0.05) is 31.0 Å². The summed E-state index contributed by atoms with van der Waals surface area (Å²) in [6.45, 7) is 2.16. The van der Waals surface area contributed by atoms with Crippen LogP contribution in [0.3, 0.4) is 0 Å². The highest BCUT2D eigenvalue weighted by atomic mass is 35.5. The van der Waals surface area contributed by atoms with E-state index in [0.29, 0.717) is 16.5 Å². The highest BCUT2D eigenvalue weighted by molar-refractivity contribution is 6.30. The van der Waals surface area contributed by atoms with Crippen molar-refractivity contribution >= 4 is 23.2 Å². The Kier molecular flexibility index (Phi) is 4.37. The summed E-state index contributed by atoms with van der Waals surface area (Å²) in [5.41, 5.74) is 4.25. The van der Waals surface area contributed by atoms with E-state index in [0.717, 1.165) is 25.0 Å². The summed E-state index contributed by atoms with van der Waals surface area (Å²) >= 11 is 5.85. The van der Waals surface area contributed by atoms with Crippen LogP contribution in [0.1, 0.15) is 43.0 Å². The van der Waals surface area contributed by atoms with Crippen molar-refractivity contribution in [2.45, 2.75) is 32.6 Å². The summed E-state index contributed by atoms with van der Waals surface area (Å²) in [7, 11) is 0. The number of hydrogen-bond acceptors (Lipinski definition) is 2. The highest BCUT2D eigenvalue weighted by Gasteiger charge is 2.16. The predicted molar refractivity (Wildman–Crippen MR) is 74.0 cm³/mol. The van der Waals surface area contributed by atoms with Gasteiger partial charge in [0.25, 0.3) is 5.91 Å². The van der Waals surface area contributed by atoms with Crippen molar-refractivity contribution in [3.63, 3.8) is 0 Å². The molecule has 0 radical (unpaired) electrons. The van der Waals surface area contributed by atoms with E-state index in [1.165, 1.54) is 6.42 Å². The lowest BCUT2D eigenvalue weighted by Gasteiger charge is -2.19. The Hall–Kier alpha value is -1.35. The number of rotatable bonds is 2. The van der Waals surface area contributed by atoms with Gasteiger partial charge in [0.1, 0.15) is 0 Å². The Morgan fingerprint density at radius 3 is 3.00 bits per heavy atom. The van der Waals surface area contributed by atoms with Crippen molar-refractivity contribution in [3.05, 3.63) is 34.9 Å². The minimum absolute atomic E-state index is 0.206. The number of nitrogens with one attached hydrogen (secondary N) is 1. The lowest BCUT2D eigenvalue weighted by molar-refractivity contribution is 0.0954. The van der Waals surface area contributed by atoms with Crippen LogP contribution in [0, 0.1) is 5.92 Å². The number of nitrogens with zero attached hydrogens (tertiary/aromatic N) is 1. The van der Waals surface area contributed by atoms with Crippen LogP contribution >= 0.6 is 11.6 Å². The van der Waals surface area contributed by atoms with Crippen molar-refractivity contribution in [3.8, 4) is 0 Å². The fraction of sp³-hybridized carbons (Fsp3) is 0.429. The molecule has 1 saturated carbocycles. The average Bonchev–Trinajstić information content (AvgIpc) is 2.37. The molecule has 0 saturated heterocycles. The molecule has 1 atom stereocenters. The summed E-state index contributed by atoms with van der Waals surface area (Å²) in [5.74, 6) is 0.265. The predicted octanol–water partition coefficient (Wildman–Crippen LogP) is 3.64. The summed E-state index contributed by atoms with van der Waals surface area (Å²) < 4.78 is 0. The van der Waals surface area contributed by atoms with Gasteiger partial charge in [-0.2, -0.15) is 5.10 Å². The molecule has 0 spiro atoms. The lowest BCUT2D eigenvalue weighted by atomic mass is 9.89. The normalized spacial score (nSPS) is 21.9. The van der Waals surface area contributed by atoms with Crippen LogP contribution in [0.5, 0.6) is 0 Å². The van der Waals surface area contributed by atoms with Crippen molar-refractivity contribution in [2.75, 3.05) is 0 Å². The molecular weight excluding hydrogens is 248 g/mol. The lowest BCUT2D eigenvalue weighted by Crippen LogP contribution is -2.24. The van der Waals surface area contributed by atoms with E-state index in [1.54, 1.807) is 24.3 Å². The van der Waals surface area contributed by atoms with Gasteiger partial charge in [-0.05, 0) is 43.4 Å². The third kappa shape index (κ3) is 3.33. The Bertz CT molecular complexity index is 471. The van der Waals surface area contributed by atoms with Crippen LogP contribution in [-0.2, 0) is 0 Å². The first-order chi connectivity index (χ1) is 8.66. The molecule has 0 bridgehead atoms. The molecule has 4 heteroatoms. The zero-order valence-electron chi connectivity index (χ0n) is 10.4. The summed E-state index contributed by atoms with van der Waals surface area (Å²) in [5, 5.41) is 4.80. The molecule has 1 N–H and O–H groups in total. The second kappa shape index (κ2) is 6.01. The van der Waals surface area contributed by atoms with E-state index >= 15 is 0 Å². The first kappa shape index (κ1) is 13.1. The summed E-state index contributed by atoms with van der Waals surface area (Å²) in [6, 6.07) is 6.87. The quantitative estimate of drug-likeness (QED) is 0.814. The van der Waals surface area contributed by atoms with Gasteiger partial charge in [0.15, 0.2) is 0 Å². The van der Waals surface area contributed by atoms with E-state index in [2.05, 4.69) is 17.5 Å². The molecule has 1 aromatic carbocycles. The van der Waals surface area contributed by atoms with Gasteiger partial charge in [-0.3, -0.25) is 4.79 Å². The molecule has 0 heterocycles. The van der Waals surface area contributed by atoms with E-state index in [1.807, 2.05) is 0 Å². The molecule has 0 aliphatic heterocycles. The van der Waals surface area contributed by atoms with Crippen LogP contribution in [0.25, 0.3) is 0 Å². The van der Waals surface area contributed by atoms with Crippen molar-refractivity contribution in [2.24, 2.45) is 11.0 Å². The summed E-state index contributed by atoms with van der Waals surface area (Å²) in [6.07, 6.45) is 4.56. The highest BCUT2D eigenvalue weighted by Crippen LogP contribution is 2.20. The van der Waals surface area contributed by atoms with Gasteiger partial charge in [-0.25, -0.2) is 5.43 Å². The Morgan fingerprint density at radius 1 is 1.44 bits per heavy atom. The number of benzene rings is 1. The van der Waals surface area contributed by atoms with Crippen molar-refractivity contribution < 1.29 is 4.79 Å². The van der Waals surface area contributed by atoms with Gasteiger partial charge in [0.2, 0.25) is 0 Å². The van der Waals surface area contributed by atoms with Crippen LogP contribution in [-0.4, -0.2) is 11.6 Å². The summed E-state index contributed by atoms with van der Waals surface area (Å²) in [4.78, 5) is 11.9. The molecule has 96 valence electrons. The number of carbonyl (C=O) groups is 1. The maximum absolute atomic E-state index is 11.9. The molecule has 1 aromatic rings. The van der Waals surface area contributed by atoms with Gasteiger partial charge in [0, 0.05) is 16.3 Å². The Morgan fingerprint density at radius 2 is 2.28 bits per heavy atom.